The normalized spacial score (nSPS) is 14.1. The summed E-state index contributed by atoms with van der Waals surface area (Å²) >= 11 is 13.2. The van der Waals surface area contributed by atoms with Crippen LogP contribution in [0.1, 0.15) is 35.3 Å². The third kappa shape index (κ3) is 3.33. The van der Waals surface area contributed by atoms with Crippen molar-refractivity contribution in [3.8, 4) is 5.82 Å². The highest BCUT2D eigenvalue weighted by atomic mass is 35.5. The molecular formula is C21H18ClFN4OS2. The molecule has 154 valence electrons. The highest BCUT2D eigenvalue weighted by molar-refractivity contribution is 7.71. The van der Waals surface area contributed by atoms with Crippen LogP contribution in [0.15, 0.2) is 35.3 Å². The molecule has 1 N–H and O–H groups in total. The summed E-state index contributed by atoms with van der Waals surface area (Å²) in [7, 11) is 0. The molecule has 5 rings (SSSR count). The number of aryl methyl sites for hydroxylation is 2. The molecule has 0 unspecified atom stereocenters. The molecule has 0 atom stereocenters. The first kappa shape index (κ1) is 19.7. The van der Waals surface area contributed by atoms with Crippen LogP contribution < -0.4 is 5.56 Å². The van der Waals surface area contributed by atoms with Crippen LogP contribution in [0.2, 0.25) is 5.02 Å². The molecule has 1 aliphatic carbocycles. The first-order chi connectivity index (χ1) is 14.5. The van der Waals surface area contributed by atoms with Gasteiger partial charge in [-0.25, -0.2) is 8.96 Å². The van der Waals surface area contributed by atoms with E-state index in [1.165, 1.54) is 21.9 Å². The Morgan fingerprint density at radius 2 is 2.07 bits per heavy atom. The number of rotatable bonds is 3. The highest BCUT2D eigenvalue weighted by Gasteiger charge is 2.20. The highest BCUT2D eigenvalue weighted by Crippen LogP contribution is 2.33. The molecule has 0 saturated carbocycles. The molecule has 1 aromatic carbocycles. The zero-order valence-corrected chi connectivity index (χ0v) is 18.3. The van der Waals surface area contributed by atoms with Crippen LogP contribution in [-0.4, -0.2) is 19.3 Å². The number of thiophene rings is 1. The van der Waals surface area contributed by atoms with Crippen molar-refractivity contribution in [1.82, 2.24) is 19.3 Å². The molecule has 1 aliphatic rings. The second-order valence-corrected chi connectivity index (χ2v) is 9.31. The number of benzene rings is 1. The lowest BCUT2D eigenvalue weighted by atomic mass is 10.1. The van der Waals surface area contributed by atoms with Crippen LogP contribution >= 0.6 is 35.2 Å². The van der Waals surface area contributed by atoms with Gasteiger partial charge in [0.25, 0.3) is 5.56 Å². The molecule has 0 spiro atoms. The molecule has 0 amide bonds. The van der Waals surface area contributed by atoms with Gasteiger partial charge in [-0.3, -0.25) is 9.48 Å². The molecule has 0 bridgehead atoms. The predicted octanol–water partition coefficient (Wildman–Crippen LogP) is 5.42. The maximum absolute atomic E-state index is 14.1. The van der Waals surface area contributed by atoms with E-state index in [1.807, 2.05) is 0 Å². The number of aromatic amines is 1. The van der Waals surface area contributed by atoms with E-state index in [0.717, 1.165) is 41.5 Å². The Bertz CT molecular complexity index is 1360. The lowest BCUT2D eigenvalue weighted by Crippen LogP contribution is -2.21. The summed E-state index contributed by atoms with van der Waals surface area (Å²) in [6.45, 7) is 0.160. The minimum absolute atomic E-state index is 0.151. The van der Waals surface area contributed by atoms with Gasteiger partial charge in [0.15, 0.2) is 10.6 Å². The Labute approximate surface area is 185 Å². The molecular weight excluding hydrogens is 443 g/mol. The van der Waals surface area contributed by atoms with E-state index in [1.54, 1.807) is 40.4 Å². The van der Waals surface area contributed by atoms with Crippen LogP contribution in [0.4, 0.5) is 4.39 Å². The SMILES string of the molecule is O=c1c2c3c(sc2[nH]c(=S)n1-c1ccn(Cc2c(F)cccc2Cl)n1)CCCCC3. The average molecular weight is 461 g/mol. The Balaban J connectivity index is 1.60. The number of hydrogen-bond acceptors (Lipinski definition) is 4. The lowest BCUT2D eigenvalue weighted by Gasteiger charge is -2.07. The molecule has 0 fully saturated rings. The van der Waals surface area contributed by atoms with Crippen LogP contribution in [0.5, 0.6) is 0 Å². The van der Waals surface area contributed by atoms with Crippen LogP contribution in [-0.2, 0) is 19.4 Å². The van der Waals surface area contributed by atoms with Gasteiger partial charge in [-0.1, -0.05) is 24.1 Å². The second kappa shape index (κ2) is 7.76. The fourth-order valence-corrected chi connectivity index (χ4v) is 5.87. The number of aromatic nitrogens is 4. The van der Waals surface area contributed by atoms with Crippen LogP contribution in [0, 0.1) is 10.6 Å². The maximum atomic E-state index is 14.1. The standard InChI is InChI=1S/C21H18ClFN4OS2/c22-14-6-4-7-15(23)13(14)11-26-10-9-17(25-26)27-20(28)18-12-5-2-1-3-8-16(12)30-19(18)24-21(27)29/h4,6-7,9-10H,1-3,5,8,11H2,(H,24,29). The number of fused-ring (bicyclic) bond motifs is 3. The first-order valence-corrected chi connectivity index (χ1v) is 11.4. The van der Waals surface area contributed by atoms with Crippen LogP contribution in [0.3, 0.4) is 0 Å². The number of nitrogens with one attached hydrogen (secondary N) is 1. The first-order valence-electron chi connectivity index (χ1n) is 9.79. The number of H-pyrrole nitrogens is 1. The Morgan fingerprint density at radius 3 is 2.90 bits per heavy atom. The summed E-state index contributed by atoms with van der Waals surface area (Å²) < 4.78 is 17.4. The van der Waals surface area contributed by atoms with Crippen LogP contribution in [0.25, 0.3) is 16.0 Å². The zero-order chi connectivity index (χ0) is 20.8. The van der Waals surface area contributed by atoms with Crippen molar-refractivity contribution in [2.45, 2.75) is 38.6 Å². The van der Waals surface area contributed by atoms with Crippen molar-refractivity contribution in [3.05, 3.63) is 72.4 Å². The molecule has 3 heterocycles. The van der Waals surface area contributed by atoms with Crippen molar-refractivity contribution in [2.24, 2.45) is 0 Å². The van der Waals surface area contributed by atoms with E-state index < -0.39 is 5.82 Å². The van der Waals surface area contributed by atoms with Crippen molar-refractivity contribution in [3.63, 3.8) is 0 Å². The summed E-state index contributed by atoms with van der Waals surface area (Å²) in [5.41, 5.74) is 1.35. The molecule has 30 heavy (non-hydrogen) atoms. The van der Waals surface area contributed by atoms with Gasteiger partial charge in [0, 0.05) is 27.7 Å². The third-order valence-corrected chi connectivity index (χ3v) is 7.35. The molecule has 5 nitrogen and oxygen atoms in total. The number of hydrogen-bond donors (Lipinski definition) is 1. The molecule has 9 heteroatoms. The summed E-state index contributed by atoms with van der Waals surface area (Å²) in [4.78, 5) is 18.8. The number of nitrogens with zero attached hydrogens (tertiary/aromatic N) is 3. The minimum Gasteiger partial charge on any atom is -0.323 e. The Hall–Kier alpha value is -2.29. The monoisotopic (exact) mass is 460 g/mol. The lowest BCUT2D eigenvalue weighted by molar-refractivity contribution is 0.583. The largest absolute Gasteiger partial charge is 0.323 e. The van der Waals surface area contributed by atoms with E-state index in [-0.39, 0.29) is 12.1 Å². The van der Waals surface area contributed by atoms with Crippen molar-refractivity contribution in [1.29, 1.82) is 0 Å². The molecule has 0 aliphatic heterocycles. The van der Waals surface area contributed by atoms with Gasteiger partial charge >= 0.3 is 0 Å². The van der Waals surface area contributed by atoms with E-state index in [9.17, 15) is 9.18 Å². The van der Waals surface area contributed by atoms with Gasteiger partial charge in [0.1, 0.15) is 10.6 Å². The van der Waals surface area contributed by atoms with Gasteiger partial charge in [-0.2, -0.15) is 5.10 Å². The van der Waals surface area contributed by atoms with E-state index in [2.05, 4.69) is 10.1 Å². The second-order valence-electron chi connectivity index (χ2n) is 7.41. The van der Waals surface area contributed by atoms with Gasteiger partial charge in [0.2, 0.25) is 0 Å². The zero-order valence-electron chi connectivity index (χ0n) is 16.0. The maximum Gasteiger partial charge on any atom is 0.269 e. The third-order valence-electron chi connectivity index (χ3n) is 5.50. The molecule has 0 radical (unpaired) electrons. The van der Waals surface area contributed by atoms with E-state index in [0.29, 0.717) is 21.2 Å². The van der Waals surface area contributed by atoms with Crippen molar-refractivity contribution in [2.75, 3.05) is 0 Å². The Morgan fingerprint density at radius 1 is 1.23 bits per heavy atom. The molecule has 0 saturated heterocycles. The average Bonchev–Trinajstić information content (AvgIpc) is 3.22. The topological polar surface area (TPSA) is 55.6 Å². The fourth-order valence-electron chi connectivity index (χ4n) is 4.03. The van der Waals surface area contributed by atoms with Crippen molar-refractivity contribution < 1.29 is 4.39 Å². The summed E-state index contributed by atoms with van der Waals surface area (Å²) in [6.07, 6.45) is 7.03. The van der Waals surface area contributed by atoms with E-state index >= 15 is 0 Å². The predicted molar refractivity (Wildman–Crippen MR) is 120 cm³/mol. The smallest absolute Gasteiger partial charge is 0.269 e. The minimum atomic E-state index is -0.392. The van der Waals surface area contributed by atoms with Gasteiger partial charge in [-0.05, 0) is 55.6 Å². The summed E-state index contributed by atoms with van der Waals surface area (Å²) in [5, 5.41) is 5.53. The fraction of sp³-hybridized carbons (Fsp3) is 0.286. The van der Waals surface area contributed by atoms with Gasteiger partial charge in [-0.15, -0.1) is 11.3 Å². The molecule has 4 aromatic rings. The van der Waals surface area contributed by atoms with Crippen molar-refractivity contribution >= 4 is 45.4 Å². The quantitative estimate of drug-likeness (QED) is 0.328. The Kier molecular flexibility index (Phi) is 5.08. The summed E-state index contributed by atoms with van der Waals surface area (Å²) in [5.74, 6) is 0.0144. The summed E-state index contributed by atoms with van der Waals surface area (Å²) in [6, 6.07) is 6.27. The molecule has 3 aromatic heterocycles. The number of halogens is 2. The van der Waals surface area contributed by atoms with E-state index in [4.69, 9.17) is 23.8 Å². The van der Waals surface area contributed by atoms with Gasteiger partial charge in [0.05, 0.1) is 11.9 Å². The van der Waals surface area contributed by atoms with Gasteiger partial charge < -0.3 is 4.98 Å².